The zero-order valence-electron chi connectivity index (χ0n) is 12.5. The van der Waals surface area contributed by atoms with E-state index in [9.17, 15) is 13.6 Å². The average Bonchev–Trinajstić information content (AvgIpc) is 2.72. The van der Waals surface area contributed by atoms with Crippen LogP contribution in [0.15, 0.2) is 12.1 Å². The maximum atomic E-state index is 14.0. The van der Waals surface area contributed by atoms with Gasteiger partial charge in [-0.3, -0.25) is 4.79 Å². The van der Waals surface area contributed by atoms with Gasteiger partial charge >= 0.3 is 0 Å². The van der Waals surface area contributed by atoms with Crippen LogP contribution in [0.3, 0.4) is 0 Å². The number of carbonyl (C=O) groups is 1. The second kappa shape index (κ2) is 6.39. The third kappa shape index (κ3) is 3.69. The lowest BCUT2D eigenvalue weighted by molar-refractivity contribution is -0.132. The first-order valence-corrected chi connectivity index (χ1v) is 7.01. The second-order valence-electron chi connectivity index (χ2n) is 5.58. The number of likely N-dealkylation sites (tertiary alicyclic amines) is 1. The van der Waals surface area contributed by atoms with Crippen LogP contribution in [0.2, 0.25) is 0 Å². The molecule has 0 spiro atoms. The molecular formula is C15H20F2N2O2. The number of nitrogens with one attached hydrogen (secondary N) is 1. The van der Waals surface area contributed by atoms with Crippen LogP contribution in [0.4, 0.5) is 8.78 Å². The van der Waals surface area contributed by atoms with E-state index in [2.05, 4.69) is 5.32 Å². The third-order valence-electron chi connectivity index (χ3n) is 3.41. The third-order valence-corrected chi connectivity index (χ3v) is 3.41. The molecule has 1 saturated heterocycles. The molecule has 0 radical (unpaired) electrons. The number of likely N-dealkylation sites (N-methyl/N-ethyl adjacent to an activating group) is 1. The molecule has 1 unspecified atom stereocenters. The summed E-state index contributed by atoms with van der Waals surface area (Å²) in [6.07, 6.45) is -0.371. The van der Waals surface area contributed by atoms with E-state index in [1.165, 1.54) is 17.0 Å². The molecule has 116 valence electrons. The van der Waals surface area contributed by atoms with Gasteiger partial charge in [-0.1, -0.05) is 13.8 Å². The van der Waals surface area contributed by atoms with Crippen LogP contribution in [-0.4, -0.2) is 36.5 Å². The maximum absolute atomic E-state index is 14.0. The number of halogens is 2. The van der Waals surface area contributed by atoms with Crippen molar-refractivity contribution in [1.29, 1.82) is 0 Å². The standard InChI is InChI=1S/C15H20F2N2O2/c1-9(2)18-8-10-6-11(16)14(12(17)7-10)21-13-4-5-19(3)15(13)20/h6-7,9,13,18H,4-5,8H2,1-3H3. The molecule has 1 aliphatic rings. The van der Waals surface area contributed by atoms with Crippen molar-refractivity contribution < 1.29 is 18.3 Å². The minimum Gasteiger partial charge on any atom is -0.474 e. The molecular weight excluding hydrogens is 278 g/mol. The van der Waals surface area contributed by atoms with Gasteiger partial charge in [0.25, 0.3) is 5.91 Å². The fourth-order valence-corrected chi connectivity index (χ4v) is 2.19. The largest absolute Gasteiger partial charge is 0.474 e. The second-order valence-corrected chi connectivity index (χ2v) is 5.58. The van der Waals surface area contributed by atoms with Crippen molar-refractivity contribution in [2.45, 2.75) is 39.0 Å². The van der Waals surface area contributed by atoms with E-state index in [1.807, 2.05) is 13.8 Å². The van der Waals surface area contributed by atoms with Crippen molar-refractivity contribution in [3.05, 3.63) is 29.3 Å². The van der Waals surface area contributed by atoms with E-state index in [4.69, 9.17) is 4.74 Å². The zero-order valence-corrected chi connectivity index (χ0v) is 12.5. The van der Waals surface area contributed by atoms with E-state index in [0.29, 0.717) is 25.1 Å². The number of hydrogen-bond acceptors (Lipinski definition) is 3. The Bertz CT molecular complexity index is 511. The van der Waals surface area contributed by atoms with Gasteiger partial charge in [0.05, 0.1) is 0 Å². The summed E-state index contributed by atoms with van der Waals surface area (Å²) in [6, 6.07) is 2.69. The molecule has 21 heavy (non-hydrogen) atoms. The van der Waals surface area contributed by atoms with Crippen LogP contribution in [0.25, 0.3) is 0 Å². The molecule has 1 N–H and O–H groups in total. The molecule has 0 bridgehead atoms. The van der Waals surface area contributed by atoms with Crippen LogP contribution < -0.4 is 10.1 Å². The minimum atomic E-state index is -0.807. The summed E-state index contributed by atoms with van der Waals surface area (Å²) in [5.41, 5.74) is 0.501. The van der Waals surface area contributed by atoms with Crippen molar-refractivity contribution in [3.8, 4) is 5.75 Å². The first-order chi connectivity index (χ1) is 9.88. The van der Waals surface area contributed by atoms with Gasteiger partial charge in [-0.2, -0.15) is 0 Å². The van der Waals surface area contributed by atoms with E-state index in [0.717, 1.165) is 0 Å². The Labute approximate surface area is 123 Å². The number of ether oxygens (including phenoxy) is 1. The molecule has 0 saturated carbocycles. The van der Waals surface area contributed by atoms with Crippen LogP contribution >= 0.6 is 0 Å². The van der Waals surface area contributed by atoms with Gasteiger partial charge in [-0.15, -0.1) is 0 Å². The van der Waals surface area contributed by atoms with Crippen molar-refractivity contribution in [2.75, 3.05) is 13.6 Å². The van der Waals surface area contributed by atoms with Gasteiger partial charge in [0.15, 0.2) is 23.5 Å². The molecule has 1 heterocycles. The summed E-state index contributed by atoms with van der Waals surface area (Å²) in [5, 5.41) is 3.09. The molecule has 1 fully saturated rings. The highest BCUT2D eigenvalue weighted by Gasteiger charge is 2.32. The monoisotopic (exact) mass is 298 g/mol. The van der Waals surface area contributed by atoms with Crippen molar-refractivity contribution in [1.82, 2.24) is 10.2 Å². The number of carbonyl (C=O) groups excluding carboxylic acids is 1. The van der Waals surface area contributed by atoms with E-state index < -0.39 is 23.5 Å². The molecule has 1 aromatic carbocycles. The fourth-order valence-electron chi connectivity index (χ4n) is 2.19. The van der Waals surface area contributed by atoms with Crippen LogP contribution in [0.1, 0.15) is 25.8 Å². The van der Waals surface area contributed by atoms with Gasteiger partial charge < -0.3 is 15.0 Å². The van der Waals surface area contributed by atoms with Gasteiger partial charge in [0.1, 0.15) is 0 Å². The molecule has 2 rings (SSSR count). The number of hydrogen-bond donors (Lipinski definition) is 1. The van der Waals surface area contributed by atoms with Crippen molar-refractivity contribution in [2.24, 2.45) is 0 Å². The SMILES string of the molecule is CC(C)NCc1cc(F)c(OC2CCN(C)C2=O)c(F)c1. The highest BCUT2D eigenvalue weighted by molar-refractivity contribution is 5.83. The Morgan fingerprint density at radius 1 is 1.38 bits per heavy atom. The molecule has 4 nitrogen and oxygen atoms in total. The van der Waals surface area contributed by atoms with Gasteiger partial charge in [-0.25, -0.2) is 8.78 Å². The quantitative estimate of drug-likeness (QED) is 0.905. The summed E-state index contributed by atoms with van der Waals surface area (Å²) in [7, 11) is 1.64. The molecule has 1 atom stereocenters. The Balaban J connectivity index is 2.12. The fraction of sp³-hybridized carbons (Fsp3) is 0.533. The summed E-state index contributed by atoms with van der Waals surface area (Å²) < 4.78 is 33.2. The maximum Gasteiger partial charge on any atom is 0.263 e. The summed E-state index contributed by atoms with van der Waals surface area (Å²) in [6.45, 7) is 4.80. The summed E-state index contributed by atoms with van der Waals surface area (Å²) >= 11 is 0. The smallest absolute Gasteiger partial charge is 0.263 e. The molecule has 1 aliphatic heterocycles. The van der Waals surface area contributed by atoms with Gasteiger partial charge in [0, 0.05) is 32.6 Å². The van der Waals surface area contributed by atoms with Crippen LogP contribution in [0.5, 0.6) is 5.75 Å². The van der Waals surface area contributed by atoms with Gasteiger partial charge in [0.2, 0.25) is 0 Å². The number of benzene rings is 1. The first kappa shape index (κ1) is 15.7. The number of nitrogens with zero attached hydrogens (tertiary/aromatic N) is 1. The summed E-state index contributed by atoms with van der Waals surface area (Å²) in [5.74, 6) is -2.29. The molecule has 0 aromatic heterocycles. The topological polar surface area (TPSA) is 41.6 Å². The predicted octanol–water partition coefficient (Wildman–Crippen LogP) is 2.07. The molecule has 1 amide bonds. The van der Waals surface area contributed by atoms with E-state index in [1.54, 1.807) is 7.05 Å². The van der Waals surface area contributed by atoms with Crippen LogP contribution in [0, 0.1) is 11.6 Å². The lowest BCUT2D eigenvalue weighted by atomic mass is 10.2. The molecule has 0 aliphatic carbocycles. The van der Waals surface area contributed by atoms with Crippen LogP contribution in [-0.2, 0) is 11.3 Å². The number of rotatable bonds is 5. The number of amides is 1. The van der Waals surface area contributed by atoms with Gasteiger partial charge in [-0.05, 0) is 17.7 Å². The van der Waals surface area contributed by atoms with Crippen molar-refractivity contribution >= 4 is 5.91 Å². The Kier molecular flexibility index (Phi) is 4.77. The molecule has 6 heteroatoms. The highest BCUT2D eigenvalue weighted by Crippen LogP contribution is 2.26. The minimum absolute atomic E-state index is 0.221. The highest BCUT2D eigenvalue weighted by atomic mass is 19.1. The lowest BCUT2D eigenvalue weighted by Crippen LogP contribution is -2.30. The average molecular weight is 298 g/mol. The first-order valence-electron chi connectivity index (χ1n) is 7.01. The Morgan fingerprint density at radius 3 is 2.48 bits per heavy atom. The summed E-state index contributed by atoms with van der Waals surface area (Å²) in [4.78, 5) is 13.2. The molecule has 1 aromatic rings. The Morgan fingerprint density at radius 2 is 2.00 bits per heavy atom. The zero-order chi connectivity index (χ0) is 15.6. The lowest BCUT2D eigenvalue weighted by Gasteiger charge is -2.15. The van der Waals surface area contributed by atoms with E-state index in [-0.39, 0.29) is 11.9 Å². The predicted molar refractivity (Wildman–Crippen MR) is 75.0 cm³/mol. The Hall–Kier alpha value is -1.69. The normalized spacial score (nSPS) is 18.7. The van der Waals surface area contributed by atoms with E-state index >= 15 is 0 Å². The van der Waals surface area contributed by atoms with Crippen molar-refractivity contribution in [3.63, 3.8) is 0 Å².